The average Bonchev–Trinajstić information content (AvgIpc) is 3.07. The van der Waals surface area contributed by atoms with Gasteiger partial charge >= 0.3 is 11.9 Å². The van der Waals surface area contributed by atoms with Crippen LogP contribution >= 0.6 is 0 Å². The van der Waals surface area contributed by atoms with E-state index in [9.17, 15) is 29.4 Å². The average molecular weight is 477 g/mol. The molecule has 4 aliphatic rings. The van der Waals surface area contributed by atoms with Crippen LogP contribution in [0.4, 0.5) is 0 Å². The maximum absolute atomic E-state index is 13.2. The number of aliphatic hydroxyl groups is 2. The third-order valence-electron chi connectivity index (χ3n) is 9.63. The van der Waals surface area contributed by atoms with E-state index in [4.69, 9.17) is 4.74 Å². The Morgan fingerprint density at radius 1 is 1.09 bits per heavy atom. The van der Waals surface area contributed by atoms with Crippen LogP contribution < -0.4 is 0 Å². The van der Waals surface area contributed by atoms with Gasteiger partial charge in [-0.3, -0.25) is 19.2 Å². The Bertz CT molecular complexity index is 924. The van der Waals surface area contributed by atoms with Crippen LogP contribution in [0, 0.1) is 28.6 Å². The molecule has 0 aromatic rings. The van der Waals surface area contributed by atoms with Gasteiger partial charge in [-0.15, -0.1) is 0 Å². The van der Waals surface area contributed by atoms with Gasteiger partial charge in [0, 0.05) is 11.8 Å². The summed E-state index contributed by atoms with van der Waals surface area (Å²) >= 11 is 0. The monoisotopic (exact) mass is 476 g/mol. The van der Waals surface area contributed by atoms with Gasteiger partial charge in [0.25, 0.3) is 0 Å². The van der Waals surface area contributed by atoms with E-state index in [0.717, 1.165) is 24.8 Å². The Hall–Kier alpha value is -2.06. The minimum absolute atomic E-state index is 0.00715. The summed E-state index contributed by atoms with van der Waals surface area (Å²) in [6.45, 7) is 3.49. The Labute approximate surface area is 200 Å². The van der Waals surface area contributed by atoms with Crippen molar-refractivity contribution in [2.24, 2.45) is 28.6 Å². The molecule has 8 heteroatoms. The van der Waals surface area contributed by atoms with Gasteiger partial charge in [0.05, 0.1) is 26.1 Å². The number of allylic oxidation sites excluding steroid dienone is 1. The van der Waals surface area contributed by atoms with Crippen LogP contribution in [0.1, 0.15) is 71.6 Å². The van der Waals surface area contributed by atoms with E-state index < -0.39 is 41.4 Å². The summed E-state index contributed by atoms with van der Waals surface area (Å²) in [7, 11) is 1.23. The van der Waals surface area contributed by atoms with Crippen molar-refractivity contribution in [1.82, 2.24) is 0 Å². The number of carbonyl (C=O) groups is 4. The van der Waals surface area contributed by atoms with Gasteiger partial charge < -0.3 is 19.7 Å². The van der Waals surface area contributed by atoms with Gasteiger partial charge in [0.15, 0.2) is 12.4 Å². The predicted octanol–water partition coefficient (Wildman–Crippen LogP) is 2.29. The molecule has 8 nitrogen and oxygen atoms in total. The van der Waals surface area contributed by atoms with Crippen molar-refractivity contribution in [1.29, 1.82) is 0 Å². The Balaban J connectivity index is 1.50. The highest BCUT2D eigenvalue weighted by molar-refractivity contribution is 5.92. The fourth-order valence-electron chi connectivity index (χ4n) is 7.79. The normalized spacial score (nSPS) is 41.0. The SMILES string of the molecule is COC(=O)CCC(=O)OCC(=O)C1(O)CCC2C3CCC4=CC(=O)CCC4(C)C3C(O)CC21C. The maximum Gasteiger partial charge on any atom is 0.306 e. The second-order valence-electron chi connectivity index (χ2n) is 11.1. The molecule has 34 heavy (non-hydrogen) atoms. The van der Waals surface area contributed by atoms with Crippen molar-refractivity contribution in [2.75, 3.05) is 13.7 Å². The minimum atomic E-state index is -1.69. The van der Waals surface area contributed by atoms with Gasteiger partial charge in [-0.2, -0.15) is 0 Å². The van der Waals surface area contributed by atoms with Crippen LogP contribution in [0.25, 0.3) is 0 Å². The fourth-order valence-corrected chi connectivity index (χ4v) is 7.79. The smallest absolute Gasteiger partial charge is 0.306 e. The third kappa shape index (κ3) is 3.83. The number of carbonyl (C=O) groups excluding carboxylic acids is 4. The summed E-state index contributed by atoms with van der Waals surface area (Å²) in [6.07, 6.45) is 4.80. The van der Waals surface area contributed by atoms with E-state index in [1.54, 1.807) is 6.08 Å². The molecular formula is C26H36O8. The van der Waals surface area contributed by atoms with Gasteiger partial charge in [-0.25, -0.2) is 0 Å². The molecule has 188 valence electrons. The van der Waals surface area contributed by atoms with Crippen LogP contribution in [-0.2, 0) is 28.7 Å². The summed E-state index contributed by atoms with van der Waals surface area (Å²) in [6, 6.07) is 0. The Morgan fingerprint density at radius 3 is 2.50 bits per heavy atom. The zero-order valence-electron chi connectivity index (χ0n) is 20.3. The number of hydrogen-bond donors (Lipinski definition) is 2. The van der Waals surface area contributed by atoms with Crippen molar-refractivity contribution in [3.63, 3.8) is 0 Å². The van der Waals surface area contributed by atoms with E-state index in [-0.39, 0.29) is 54.6 Å². The van der Waals surface area contributed by atoms with Crippen molar-refractivity contribution in [2.45, 2.75) is 83.3 Å². The summed E-state index contributed by atoms with van der Waals surface area (Å²) in [5, 5.41) is 23.0. The molecule has 0 amide bonds. The van der Waals surface area contributed by atoms with Gasteiger partial charge in [-0.1, -0.05) is 19.4 Å². The highest BCUT2D eigenvalue weighted by atomic mass is 16.5. The number of ketones is 2. The zero-order chi connectivity index (χ0) is 24.9. The number of methoxy groups -OCH3 is 1. The van der Waals surface area contributed by atoms with E-state index in [1.807, 2.05) is 6.92 Å². The summed E-state index contributed by atoms with van der Waals surface area (Å²) < 4.78 is 9.57. The zero-order valence-corrected chi connectivity index (χ0v) is 20.3. The van der Waals surface area contributed by atoms with Gasteiger partial charge in [-0.05, 0) is 67.8 Å². The number of rotatable bonds is 6. The second-order valence-corrected chi connectivity index (χ2v) is 11.1. The molecular weight excluding hydrogens is 440 g/mol. The highest BCUT2D eigenvalue weighted by Crippen LogP contribution is 2.67. The van der Waals surface area contributed by atoms with Crippen LogP contribution in [0.5, 0.6) is 0 Å². The number of Topliss-reactive ketones (excluding diaryl/α,β-unsaturated/α-hetero) is 1. The van der Waals surface area contributed by atoms with E-state index in [1.165, 1.54) is 7.11 Å². The van der Waals surface area contributed by atoms with Gasteiger partial charge in [0.1, 0.15) is 5.60 Å². The first-order chi connectivity index (χ1) is 16.0. The molecule has 7 atom stereocenters. The van der Waals surface area contributed by atoms with Crippen LogP contribution in [-0.4, -0.2) is 59.1 Å². The lowest BCUT2D eigenvalue weighted by Gasteiger charge is -2.60. The molecule has 0 aromatic carbocycles. The van der Waals surface area contributed by atoms with E-state index >= 15 is 0 Å². The summed E-state index contributed by atoms with van der Waals surface area (Å²) in [5.74, 6) is -1.44. The molecule has 4 aliphatic carbocycles. The molecule has 3 saturated carbocycles. The van der Waals surface area contributed by atoms with Crippen molar-refractivity contribution in [3.05, 3.63) is 11.6 Å². The highest BCUT2D eigenvalue weighted by Gasteiger charge is 2.68. The first kappa shape index (κ1) is 25.0. The molecule has 0 heterocycles. The first-order valence-electron chi connectivity index (χ1n) is 12.4. The Morgan fingerprint density at radius 2 is 1.79 bits per heavy atom. The van der Waals surface area contributed by atoms with Crippen molar-refractivity contribution in [3.8, 4) is 0 Å². The lowest BCUT2D eigenvalue weighted by Crippen LogP contribution is -2.62. The second kappa shape index (κ2) is 8.86. The molecule has 0 bridgehead atoms. The van der Waals surface area contributed by atoms with Gasteiger partial charge in [0.2, 0.25) is 5.78 Å². The largest absolute Gasteiger partial charge is 0.469 e. The van der Waals surface area contributed by atoms with Crippen molar-refractivity contribution < 1.29 is 38.9 Å². The lowest BCUT2D eigenvalue weighted by molar-refractivity contribution is -0.184. The Kier molecular flexibility index (Phi) is 6.53. The third-order valence-corrected chi connectivity index (χ3v) is 9.63. The summed E-state index contributed by atoms with van der Waals surface area (Å²) in [4.78, 5) is 48.4. The molecule has 0 radical (unpaired) electrons. The van der Waals surface area contributed by atoms with E-state index in [0.29, 0.717) is 12.8 Å². The first-order valence-corrected chi connectivity index (χ1v) is 12.4. The molecule has 7 unspecified atom stereocenters. The molecule has 0 aromatic heterocycles. The maximum atomic E-state index is 13.2. The molecule has 2 N–H and O–H groups in total. The quantitative estimate of drug-likeness (QED) is 0.559. The molecule has 0 spiro atoms. The number of fused-ring (bicyclic) bond motifs is 5. The van der Waals surface area contributed by atoms with Crippen LogP contribution in [0.3, 0.4) is 0 Å². The van der Waals surface area contributed by atoms with E-state index in [2.05, 4.69) is 11.7 Å². The number of hydrogen-bond acceptors (Lipinski definition) is 8. The fraction of sp³-hybridized carbons (Fsp3) is 0.769. The summed E-state index contributed by atoms with van der Waals surface area (Å²) in [5.41, 5.74) is -1.62. The predicted molar refractivity (Wildman–Crippen MR) is 120 cm³/mol. The molecule has 4 rings (SSSR count). The number of esters is 2. The molecule has 0 aliphatic heterocycles. The molecule has 0 saturated heterocycles. The topological polar surface area (TPSA) is 127 Å². The van der Waals surface area contributed by atoms with Crippen molar-refractivity contribution >= 4 is 23.5 Å². The number of aliphatic hydroxyl groups excluding tert-OH is 1. The lowest BCUT2D eigenvalue weighted by atomic mass is 9.45. The number of ether oxygens (including phenoxy) is 2. The minimum Gasteiger partial charge on any atom is -0.469 e. The van der Waals surface area contributed by atoms with Crippen LogP contribution in [0.15, 0.2) is 11.6 Å². The van der Waals surface area contributed by atoms with Crippen LogP contribution in [0.2, 0.25) is 0 Å². The molecule has 3 fully saturated rings. The standard InChI is InChI=1S/C26H36O8/c1-24-10-8-16(27)12-15(24)4-5-17-18-9-11-26(32,25(18,2)13-19(28)23(17)24)20(29)14-34-22(31)7-6-21(30)33-3/h12,17-19,23,28,32H,4-11,13-14H2,1-3H3.